The number of fused-ring (bicyclic) bond motifs is 3. The number of nitrogens with zero attached hydrogens (tertiary/aromatic N) is 2. The molecule has 0 radical (unpaired) electrons. The number of alkyl halides is 3. The first-order chi connectivity index (χ1) is 17.1. The molecule has 1 fully saturated rings. The Morgan fingerprint density at radius 3 is 2.61 bits per heavy atom. The number of hydrogen-bond donors (Lipinski definition) is 1. The summed E-state index contributed by atoms with van der Waals surface area (Å²) >= 11 is 0. The zero-order valence-corrected chi connectivity index (χ0v) is 20.3. The summed E-state index contributed by atoms with van der Waals surface area (Å²) < 4.78 is 83.1. The van der Waals surface area contributed by atoms with Crippen LogP contribution in [0.1, 0.15) is 61.4 Å². The fourth-order valence-electron chi connectivity index (χ4n) is 5.19. The molecule has 3 aliphatic rings. The van der Waals surface area contributed by atoms with Gasteiger partial charge in [0.1, 0.15) is 5.71 Å². The van der Waals surface area contributed by atoms with Crippen LogP contribution < -0.4 is 5.32 Å². The van der Waals surface area contributed by atoms with E-state index in [1.54, 1.807) is 6.92 Å². The van der Waals surface area contributed by atoms with E-state index in [-0.39, 0.29) is 42.7 Å². The van der Waals surface area contributed by atoms with Gasteiger partial charge in [0.05, 0.1) is 30.4 Å². The SMILES string of the molecule is CCOC1=NS(=O)(=O)N=C1CC[C@H]1CC[C@@H]2[C@H](O1)c1cc(C(F)(F)F)ccc1N[C@H]2c1ccccc1. The third-order valence-electron chi connectivity index (χ3n) is 6.79. The van der Waals surface area contributed by atoms with Gasteiger partial charge in [0.15, 0.2) is 0 Å². The molecule has 36 heavy (non-hydrogen) atoms. The molecule has 5 rings (SSSR count). The highest BCUT2D eigenvalue weighted by atomic mass is 32.2. The van der Waals surface area contributed by atoms with Crippen molar-refractivity contribution in [2.45, 2.75) is 57.0 Å². The van der Waals surface area contributed by atoms with Gasteiger partial charge in [-0.25, -0.2) is 0 Å². The Hall–Kier alpha value is -2.92. The Morgan fingerprint density at radius 1 is 1.11 bits per heavy atom. The number of benzene rings is 2. The van der Waals surface area contributed by atoms with Crippen LogP contribution in [-0.2, 0) is 25.9 Å². The molecule has 11 heteroatoms. The molecule has 3 aliphatic heterocycles. The first kappa shape index (κ1) is 24.8. The Labute approximate surface area is 207 Å². The Kier molecular flexibility index (Phi) is 6.54. The Balaban J connectivity index is 1.41. The van der Waals surface area contributed by atoms with Crippen molar-refractivity contribution < 1.29 is 31.1 Å². The zero-order valence-electron chi connectivity index (χ0n) is 19.5. The predicted molar refractivity (Wildman–Crippen MR) is 129 cm³/mol. The second-order valence-corrected chi connectivity index (χ2v) is 10.4. The highest BCUT2D eigenvalue weighted by Crippen LogP contribution is 2.51. The van der Waals surface area contributed by atoms with Crippen molar-refractivity contribution >= 4 is 27.5 Å². The van der Waals surface area contributed by atoms with Crippen molar-refractivity contribution in [1.29, 1.82) is 0 Å². The van der Waals surface area contributed by atoms with Crippen LogP contribution in [0.25, 0.3) is 0 Å². The van der Waals surface area contributed by atoms with Gasteiger partial charge in [-0.2, -0.15) is 21.6 Å². The van der Waals surface area contributed by atoms with E-state index < -0.39 is 28.1 Å². The Morgan fingerprint density at radius 2 is 1.89 bits per heavy atom. The molecule has 0 unspecified atom stereocenters. The highest BCUT2D eigenvalue weighted by molar-refractivity contribution is 7.89. The van der Waals surface area contributed by atoms with Gasteiger partial charge in [-0.15, -0.1) is 8.80 Å². The third kappa shape index (κ3) is 4.99. The van der Waals surface area contributed by atoms with E-state index in [9.17, 15) is 21.6 Å². The van der Waals surface area contributed by atoms with E-state index in [1.165, 1.54) is 12.1 Å². The van der Waals surface area contributed by atoms with Crippen LogP contribution in [0.2, 0.25) is 0 Å². The fourth-order valence-corrected chi connectivity index (χ4v) is 6.04. The normalized spacial score (nSPS) is 26.8. The minimum absolute atomic E-state index is 0.00245. The molecule has 7 nitrogen and oxygen atoms in total. The average Bonchev–Trinajstić information content (AvgIpc) is 3.15. The number of nitrogens with one attached hydrogen (secondary N) is 1. The topological polar surface area (TPSA) is 89.4 Å². The first-order valence-corrected chi connectivity index (χ1v) is 13.3. The molecular weight excluding hydrogens is 495 g/mol. The van der Waals surface area contributed by atoms with Crippen molar-refractivity contribution in [3.8, 4) is 0 Å². The van der Waals surface area contributed by atoms with Gasteiger partial charge in [0, 0.05) is 17.2 Å². The standard InChI is InChI=1S/C25H26F3N3O4S/c1-2-34-24-21(30-36(32,33)31-24)13-10-17-9-11-18-22(15-6-4-3-5-7-15)29-20-12-8-16(25(26,27)28)14-19(20)23(18)35-17/h3-8,12,14,17-18,22-23,29H,2,9-11,13H2,1H3/t17-,18+,22+,23+/m1/s1. The quantitative estimate of drug-likeness (QED) is 0.552. The van der Waals surface area contributed by atoms with E-state index in [2.05, 4.69) is 14.1 Å². The highest BCUT2D eigenvalue weighted by Gasteiger charge is 2.43. The second-order valence-electron chi connectivity index (χ2n) is 9.11. The molecule has 1 N–H and O–H groups in total. The first-order valence-electron chi connectivity index (χ1n) is 11.9. The van der Waals surface area contributed by atoms with E-state index in [0.29, 0.717) is 24.1 Å². The molecule has 0 spiro atoms. The number of halogens is 3. The maximum Gasteiger partial charge on any atom is 0.416 e. The molecule has 0 aliphatic carbocycles. The van der Waals surface area contributed by atoms with Crippen LogP contribution in [0.5, 0.6) is 0 Å². The van der Waals surface area contributed by atoms with Gasteiger partial charge in [0.2, 0.25) is 5.90 Å². The molecule has 0 bridgehead atoms. The lowest BCUT2D eigenvalue weighted by atomic mass is 9.76. The van der Waals surface area contributed by atoms with Gasteiger partial charge in [-0.05, 0) is 56.4 Å². The van der Waals surface area contributed by atoms with Crippen molar-refractivity contribution in [2.75, 3.05) is 11.9 Å². The minimum atomic E-state index is -4.46. The van der Waals surface area contributed by atoms with Gasteiger partial charge >= 0.3 is 16.4 Å². The van der Waals surface area contributed by atoms with Crippen molar-refractivity contribution in [1.82, 2.24) is 0 Å². The second kappa shape index (κ2) is 9.51. The summed E-state index contributed by atoms with van der Waals surface area (Å²) in [5.74, 6) is -0.0678. The summed E-state index contributed by atoms with van der Waals surface area (Å²) in [4.78, 5) is 0. The van der Waals surface area contributed by atoms with Crippen LogP contribution >= 0.6 is 0 Å². The third-order valence-corrected chi connectivity index (χ3v) is 7.64. The van der Waals surface area contributed by atoms with Crippen molar-refractivity contribution in [2.24, 2.45) is 14.7 Å². The lowest BCUT2D eigenvalue weighted by Gasteiger charge is -2.46. The summed E-state index contributed by atoms with van der Waals surface area (Å²) in [5, 5.41) is 3.45. The predicted octanol–water partition coefficient (Wildman–Crippen LogP) is 5.62. The number of hydrogen-bond acceptors (Lipinski definition) is 5. The number of ether oxygens (including phenoxy) is 2. The maximum atomic E-state index is 13.5. The zero-order chi connectivity index (χ0) is 25.5. The smallest absolute Gasteiger partial charge is 0.416 e. The van der Waals surface area contributed by atoms with Gasteiger partial charge in [-0.3, -0.25) is 0 Å². The van der Waals surface area contributed by atoms with Gasteiger partial charge in [-0.1, -0.05) is 30.3 Å². The maximum absolute atomic E-state index is 13.5. The summed E-state index contributed by atoms with van der Waals surface area (Å²) in [7, 11) is -3.94. The molecule has 2 aromatic rings. The van der Waals surface area contributed by atoms with Crippen LogP contribution in [-0.4, -0.2) is 32.7 Å². The summed E-state index contributed by atoms with van der Waals surface area (Å²) in [5.41, 5.74) is 1.69. The van der Waals surface area contributed by atoms with E-state index in [1.807, 2.05) is 30.3 Å². The molecule has 2 aromatic carbocycles. The van der Waals surface area contributed by atoms with Gasteiger partial charge in [0.25, 0.3) is 0 Å². The van der Waals surface area contributed by atoms with Crippen LogP contribution in [0.3, 0.4) is 0 Å². The molecule has 1 saturated heterocycles. The summed E-state index contributed by atoms with van der Waals surface area (Å²) in [6, 6.07) is 13.4. The summed E-state index contributed by atoms with van der Waals surface area (Å²) in [6.45, 7) is 1.98. The van der Waals surface area contributed by atoms with E-state index >= 15 is 0 Å². The minimum Gasteiger partial charge on any atom is -0.476 e. The average molecular weight is 522 g/mol. The van der Waals surface area contributed by atoms with Crippen LogP contribution in [0.4, 0.5) is 18.9 Å². The van der Waals surface area contributed by atoms with Crippen LogP contribution in [0, 0.1) is 5.92 Å². The molecular formula is C25H26F3N3O4S. The molecule has 3 heterocycles. The number of rotatable bonds is 5. The van der Waals surface area contributed by atoms with Crippen molar-refractivity contribution in [3.05, 3.63) is 65.2 Å². The molecule has 4 atom stereocenters. The van der Waals surface area contributed by atoms with Crippen molar-refractivity contribution in [3.63, 3.8) is 0 Å². The Bertz CT molecular complexity index is 1300. The van der Waals surface area contributed by atoms with E-state index in [0.717, 1.165) is 18.1 Å². The fraction of sp³-hybridized carbons (Fsp3) is 0.440. The van der Waals surface area contributed by atoms with Crippen LogP contribution in [0.15, 0.2) is 57.3 Å². The molecule has 0 amide bonds. The van der Waals surface area contributed by atoms with Gasteiger partial charge < -0.3 is 14.8 Å². The number of anilines is 1. The molecule has 192 valence electrons. The lowest BCUT2D eigenvalue weighted by Crippen LogP contribution is -2.39. The molecule has 0 saturated carbocycles. The largest absolute Gasteiger partial charge is 0.476 e. The summed E-state index contributed by atoms with van der Waals surface area (Å²) in [6.07, 6.45) is -3.15. The van der Waals surface area contributed by atoms with E-state index in [4.69, 9.17) is 9.47 Å². The lowest BCUT2D eigenvalue weighted by molar-refractivity contribution is -0.138. The monoisotopic (exact) mass is 521 g/mol. The molecule has 0 aromatic heterocycles.